The van der Waals surface area contributed by atoms with Crippen molar-refractivity contribution in [3.05, 3.63) is 23.5 Å². The molecule has 3 nitrogen and oxygen atoms in total. The SMILES string of the molecule is CC.CCCCOc1cnc(C(C)(C)O)c(C(F)(F)F)c1. The van der Waals surface area contributed by atoms with Crippen LogP contribution >= 0.6 is 0 Å². The Morgan fingerprint density at radius 1 is 1.24 bits per heavy atom. The first-order valence-electron chi connectivity index (χ1n) is 7.09. The summed E-state index contributed by atoms with van der Waals surface area (Å²) in [6.07, 6.45) is -1.72. The standard InChI is InChI=1S/C13H18F3NO2.C2H6/c1-4-5-6-19-9-7-10(13(14,15)16)11(17-8-9)12(2,3)18;1-2/h7-8,18H,4-6H2,1-3H3;1-2H3. The minimum Gasteiger partial charge on any atom is -0.492 e. The van der Waals surface area contributed by atoms with Crippen molar-refractivity contribution in [3.63, 3.8) is 0 Å². The minimum atomic E-state index is -4.58. The fourth-order valence-corrected chi connectivity index (χ4v) is 1.56. The van der Waals surface area contributed by atoms with Crippen LogP contribution in [0.25, 0.3) is 0 Å². The topological polar surface area (TPSA) is 42.4 Å². The van der Waals surface area contributed by atoms with Gasteiger partial charge in [0, 0.05) is 0 Å². The summed E-state index contributed by atoms with van der Waals surface area (Å²) in [5, 5.41) is 9.73. The van der Waals surface area contributed by atoms with Crippen LogP contribution in [0.4, 0.5) is 13.2 Å². The summed E-state index contributed by atoms with van der Waals surface area (Å²) in [5.74, 6) is 0.0637. The summed E-state index contributed by atoms with van der Waals surface area (Å²) in [6, 6.07) is 0.885. The first kappa shape index (κ1) is 19.7. The highest BCUT2D eigenvalue weighted by Gasteiger charge is 2.38. The highest BCUT2D eigenvalue weighted by atomic mass is 19.4. The molecule has 0 radical (unpaired) electrons. The Hall–Kier alpha value is -1.30. The molecule has 1 aromatic heterocycles. The van der Waals surface area contributed by atoms with E-state index < -0.39 is 23.0 Å². The first-order valence-corrected chi connectivity index (χ1v) is 7.09. The number of nitrogens with zero attached hydrogens (tertiary/aromatic N) is 1. The number of hydrogen-bond acceptors (Lipinski definition) is 3. The van der Waals surface area contributed by atoms with Gasteiger partial charge in [0.2, 0.25) is 0 Å². The molecule has 6 heteroatoms. The Morgan fingerprint density at radius 2 is 1.81 bits per heavy atom. The molecule has 0 amide bonds. The number of hydrogen-bond donors (Lipinski definition) is 1. The second kappa shape index (κ2) is 8.22. The van der Waals surface area contributed by atoms with Gasteiger partial charge in [0.05, 0.1) is 24.1 Å². The Morgan fingerprint density at radius 3 is 2.24 bits per heavy atom. The Bertz CT molecular complexity index is 426. The number of rotatable bonds is 5. The van der Waals surface area contributed by atoms with E-state index in [1.165, 1.54) is 20.0 Å². The van der Waals surface area contributed by atoms with E-state index in [0.29, 0.717) is 6.61 Å². The van der Waals surface area contributed by atoms with Crippen molar-refractivity contribution in [1.82, 2.24) is 4.98 Å². The molecule has 1 heterocycles. The third kappa shape index (κ3) is 6.33. The maximum absolute atomic E-state index is 12.9. The third-order valence-corrected chi connectivity index (χ3v) is 2.51. The van der Waals surface area contributed by atoms with E-state index in [2.05, 4.69) is 4.98 Å². The van der Waals surface area contributed by atoms with Gasteiger partial charge in [0.15, 0.2) is 0 Å². The lowest BCUT2D eigenvalue weighted by molar-refractivity contribution is -0.140. The molecule has 21 heavy (non-hydrogen) atoms. The van der Waals surface area contributed by atoms with Gasteiger partial charge in [-0.3, -0.25) is 4.98 Å². The van der Waals surface area contributed by atoms with Crippen LogP contribution in [0.2, 0.25) is 0 Å². The van der Waals surface area contributed by atoms with Gasteiger partial charge in [-0.15, -0.1) is 0 Å². The van der Waals surface area contributed by atoms with Gasteiger partial charge in [0.1, 0.15) is 11.4 Å². The first-order chi connectivity index (χ1) is 9.66. The van der Waals surface area contributed by atoms with E-state index in [1.54, 1.807) is 0 Å². The van der Waals surface area contributed by atoms with Crippen LogP contribution in [0.3, 0.4) is 0 Å². The lowest BCUT2D eigenvalue weighted by atomic mass is 9.99. The second-order valence-electron chi connectivity index (χ2n) is 4.83. The van der Waals surface area contributed by atoms with Crippen LogP contribution in [0.5, 0.6) is 5.75 Å². The van der Waals surface area contributed by atoms with Gasteiger partial charge in [-0.25, -0.2) is 0 Å². The Balaban J connectivity index is 0.00000191. The quantitative estimate of drug-likeness (QED) is 0.812. The zero-order chi connectivity index (χ0) is 16.7. The van der Waals surface area contributed by atoms with Crippen LogP contribution in [-0.4, -0.2) is 16.7 Å². The number of aromatic nitrogens is 1. The summed E-state index contributed by atoms with van der Waals surface area (Å²) in [5.41, 5.74) is -3.02. The molecular weight excluding hydrogens is 283 g/mol. The van der Waals surface area contributed by atoms with E-state index in [-0.39, 0.29) is 5.75 Å². The lowest BCUT2D eigenvalue weighted by Crippen LogP contribution is -2.24. The molecule has 0 unspecified atom stereocenters. The number of unbranched alkanes of at least 4 members (excludes halogenated alkanes) is 1. The van der Waals surface area contributed by atoms with E-state index in [0.717, 1.165) is 18.9 Å². The molecular formula is C15H24F3NO2. The van der Waals surface area contributed by atoms with Crippen molar-refractivity contribution in [3.8, 4) is 5.75 Å². The maximum atomic E-state index is 12.9. The number of aliphatic hydroxyl groups is 1. The van der Waals surface area contributed by atoms with Crippen LogP contribution in [0, 0.1) is 0 Å². The zero-order valence-electron chi connectivity index (χ0n) is 13.2. The van der Waals surface area contributed by atoms with Gasteiger partial charge in [-0.2, -0.15) is 13.2 Å². The van der Waals surface area contributed by atoms with Gasteiger partial charge in [0.25, 0.3) is 0 Å². The molecule has 0 saturated carbocycles. The van der Waals surface area contributed by atoms with Gasteiger partial charge < -0.3 is 9.84 Å². The third-order valence-electron chi connectivity index (χ3n) is 2.51. The Labute approximate surface area is 124 Å². The molecule has 0 bridgehead atoms. The molecule has 1 rings (SSSR count). The molecule has 0 spiro atoms. The molecule has 0 aliphatic carbocycles. The average Bonchev–Trinajstić information content (AvgIpc) is 2.39. The van der Waals surface area contributed by atoms with Crippen LogP contribution in [0.15, 0.2) is 12.3 Å². The normalized spacial score (nSPS) is 11.7. The molecule has 0 aromatic carbocycles. The van der Waals surface area contributed by atoms with E-state index in [9.17, 15) is 18.3 Å². The lowest BCUT2D eigenvalue weighted by Gasteiger charge is -2.22. The zero-order valence-corrected chi connectivity index (χ0v) is 13.2. The fourth-order valence-electron chi connectivity index (χ4n) is 1.56. The highest BCUT2D eigenvalue weighted by Crippen LogP contribution is 2.37. The summed E-state index contributed by atoms with van der Waals surface area (Å²) >= 11 is 0. The molecule has 0 aliphatic rings. The number of pyridine rings is 1. The maximum Gasteiger partial charge on any atom is 0.418 e. The van der Waals surface area contributed by atoms with Crippen molar-refractivity contribution in [2.24, 2.45) is 0 Å². The van der Waals surface area contributed by atoms with E-state index in [4.69, 9.17) is 4.74 Å². The molecule has 0 saturated heterocycles. The predicted molar refractivity (Wildman–Crippen MR) is 76.2 cm³/mol. The summed E-state index contributed by atoms with van der Waals surface area (Å²) < 4.78 is 44.0. The van der Waals surface area contributed by atoms with Crippen LogP contribution in [-0.2, 0) is 11.8 Å². The van der Waals surface area contributed by atoms with Crippen LogP contribution in [0.1, 0.15) is 58.7 Å². The summed E-state index contributed by atoms with van der Waals surface area (Å²) in [4.78, 5) is 3.70. The molecule has 0 aliphatic heterocycles. The van der Waals surface area contributed by atoms with Crippen molar-refractivity contribution in [1.29, 1.82) is 0 Å². The van der Waals surface area contributed by atoms with Crippen molar-refractivity contribution in [2.45, 2.75) is 59.2 Å². The second-order valence-corrected chi connectivity index (χ2v) is 4.83. The largest absolute Gasteiger partial charge is 0.492 e. The summed E-state index contributed by atoms with van der Waals surface area (Å²) in [6.45, 7) is 8.84. The van der Waals surface area contributed by atoms with Gasteiger partial charge in [-0.05, 0) is 26.3 Å². The molecule has 1 aromatic rings. The average molecular weight is 307 g/mol. The van der Waals surface area contributed by atoms with Gasteiger partial charge >= 0.3 is 6.18 Å². The van der Waals surface area contributed by atoms with Crippen LogP contribution < -0.4 is 4.74 Å². The number of alkyl halides is 3. The number of ether oxygens (including phenoxy) is 1. The molecule has 0 fully saturated rings. The summed E-state index contributed by atoms with van der Waals surface area (Å²) in [7, 11) is 0. The van der Waals surface area contributed by atoms with E-state index >= 15 is 0 Å². The van der Waals surface area contributed by atoms with Crippen molar-refractivity contribution >= 4 is 0 Å². The minimum absolute atomic E-state index is 0.0637. The predicted octanol–water partition coefficient (Wildman–Crippen LogP) is 4.53. The molecule has 1 N–H and O–H groups in total. The van der Waals surface area contributed by atoms with E-state index in [1.807, 2.05) is 20.8 Å². The fraction of sp³-hybridized carbons (Fsp3) is 0.667. The van der Waals surface area contributed by atoms with Crippen molar-refractivity contribution < 1.29 is 23.0 Å². The Kier molecular flexibility index (Phi) is 7.71. The molecule has 0 atom stereocenters. The smallest absolute Gasteiger partial charge is 0.418 e. The molecule has 122 valence electrons. The van der Waals surface area contributed by atoms with Crippen molar-refractivity contribution in [2.75, 3.05) is 6.61 Å². The monoisotopic (exact) mass is 307 g/mol. The highest BCUT2D eigenvalue weighted by molar-refractivity contribution is 5.34. The van der Waals surface area contributed by atoms with Gasteiger partial charge in [-0.1, -0.05) is 27.2 Å². The number of halogens is 3.